The lowest BCUT2D eigenvalue weighted by Crippen LogP contribution is -2.39. The summed E-state index contributed by atoms with van der Waals surface area (Å²) in [6, 6.07) is 11.4. The van der Waals surface area contributed by atoms with Gasteiger partial charge in [-0.3, -0.25) is 9.69 Å². The Bertz CT molecular complexity index is 1220. The molecular weight excluding hydrogens is 444 g/mol. The van der Waals surface area contributed by atoms with Crippen LogP contribution in [-0.2, 0) is 9.53 Å². The van der Waals surface area contributed by atoms with Crippen LogP contribution in [0.15, 0.2) is 42.7 Å². The van der Waals surface area contributed by atoms with Gasteiger partial charge < -0.3 is 19.5 Å². The zero-order valence-electron chi connectivity index (χ0n) is 20.1. The number of hydrogen-bond acceptors (Lipinski definition) is 8. The molecule has 0 spiro atoms. The summed E-state index contributed by atoms with van der Waals surface area (Å²) in [5.74, 6) is 4.79. The molecule has 2 heterocycles. The fraction of sp³-hybridized carbons (Fsp3) is 0.370. The summed E-state index contributed by atoms with van der Waals surface area (Å²) >= 11 is 0. The van der Waals surface area contributed by atoms with E-state index in [1.165, 1.54) is 6.33 Å². The largest absolute Gasteiger partial charge is 0.493 e. The zero-order chi connectivity index (χ0) is 24.6. The van der Waals surface area contributed by atoms with Gasteiger partial charge >= 0.3 is 5.97 Å². The number of fused-ring (bicyclic) bond motifs is 1. The van der Waals surface area contributed by atoms with Gasteiger partial charge in [0.05, 0.1) is 32.4 Å². The molecule has 1 aromatic heterocycles. The van der Waals surface area contributed by atoms with Gasteiger partial charge in [-0.2, -0.15) is 0 Å². The summed E-state index contributed by atoms with van der Waals surface area (Å²) < 4.78 is 16.9. The average Bonchev–Trinajstić information content (AvgIpc) is 2.88. The standard InChI is InChI=1S/C27H30N4O4/c1-4-19-7-6-8-21(13-19)30-27-22-14-25(24(33-3)15-23(22)28-18-29-27)35-17-20-9-11-31(12-10-20)16-26(32)34-5-2/h1,6-8,13-15,18,20H,5,9-12,16-17H2,2-3H3,(H,28,29,30). The van der Waals surface area contributed by atoms with E-state index in [2.05, 4.69) is 26.1 Å². The van der Waals surface area contributed by atoms with Crippen LogP contribution in [0.1, 0.15) is 25.3 Å². The van der Waals surface area contributed by atoms with E-state index in [4.69, 9.17) is 20.6 Å². The molecule has 2 aromatic carbocycles. The molecule has 0 bridgehead atoms. The number of anilines is 2. The molecule has 0 unspecified atom stereocenters. The number of methoxy groups -OCH3 is 1. The Morgan fingerprint density at radius 3 is 2.77 bits per heavy atom. The fourth-order valence-electron chi connectivity index (χ4n) is 4.17. The number of ether oxygens (including phenoxy) is 3. The zero-order valence-corrected chi connectivity index (χ0v) is 20.1. The third-order valence-corrected chi connectivity index (χ3v) is 6.05. The number of aromatic nitrogens is 2. The van der Waals surface area contributed by atoms with Crippen LogP contribution in [0.2, 0.25) is 0 Å². The van der Waals surface area contributed by atoms with E-state index in [0.717, 1.165) is 48.1 Å². The molecule has 1 aliphatic heterocycles. The van der Waals surface area contributed by atoms with E-state index in [0.29, 0.717) is 43.0 Å². The van der Waals surface area contributed by atoms with Crippen molar-refractivity contribution in [3.63, 3.8) is 0 Å². The van der Waals surface area contributed by atoms with Crippen LogP contribution in [0.25, 0.3) is 10.9 Å². The Morgan fingerprint density at radius 1 is 1.20 bits per heavy atom. The second-order valence-corrected chi connectivity index (χ2v) is 8.43. The van der Waals surface area contributed by atoms with Crippen LogP contribution in [0, 0.1) is 18.3 Å². The molecule has 1 saturated heterocycles. The first-order valence-corrected chi connectivity index (χ1v) is 11.8. The van der Waals surface area contributed by atoms with Gasteiger partial charge in [0.15, 0.2) is 11.5 Å². The Morgan fingerprint density at radius 2 is 2.03 bits per heavy atom. The first kappa shape index (κ1) is 24.3. The highest BCUT2D eigenvalue weighted by Crippen LogP contribution is 2.35. The minimum atomic E-state index is -0.166. The summed E-state index contributed by atoms with van der Waals surface area (Å²) in [4.78, 5) is 22.7. The number of terminal acetylenes is 1. The topological polar surface area (TPSA) is 85.8 Å². The molecule has 8 nitrogen and oxygen atoms in total. The van der Waals surface area contributed by atoms with Gasteiger partial charge in [-0.1, -0.05) is 12.0 Å². The number of piperidine rings is 1. The maximum atomic E-state index is 11.7. The van der Waals surface area contributed by atoms with Crippen molar-refractivity contribution >= 4 is 28.4 Å². The van der Waals surface area contributed by atoms with Gasteiger partial charge in [-0.15, -0.1) is 6.42 Å². The van der Waals surface area contributed by atoms with E-state index in [1.807, 2.05) is 43.3 Å². The van der Waals surface area contributed by atoms with Gasteiger partial charge in [0.2, 0.25) is 0 Å². The maximum absolute atomic E-state index is 11.7. The summed E-state index contributed by atoms with van der Waals surface area (Å²) in [6.45, 7) is 4.84. The SMILES string of the molecule is C#Cc1cccc(Nc2ncnc3cc(OC)c(OCC4CCN(CC(=O)OCC)CC4)cc23)c1. The second kappa shape index (κ2) is 11.5. The van der Waals surface area contributed by atoms with Gasteiger partial charge in [0.25, 0.3) is 0 Å². The van der Waals surface area contributed by atoms with Crippen molar-refractivity contribution < 1.29 is 19.0 Å². The molecule has 0 aliphatic carbocycles. The lowest BCUT2D eigenvalue weighted by Gasteiger charge is -2.31. The van der Waals surface area contributed by atoms with Crippen molar-refractivity contribution in [3.8, 4) is 23.8 Å². The van der Waals surface area contributed by atoms with Crippen molar-refractivity contribution in [1.29, 1.82) is 0 Å². The minimum absolute atomic E-state index is 0.166. The van der Waals surface area contributed by atoms with Gasteiger partial charge in [-0.05, 0) is 63.0 Å². The molecule has 0 radical (unpaired) electrons. The number of likely N-dealkylation sites (tertiary alicyclic amines) is 1. The van der Waals surface area contributed by atoms with Crippen molar-refractivity contribution in [3.05, 3.63) is 48.3 Å². The maximum Gasteiger partial charge on any atom is 0.320 e. The molecule has 0 saturated carbocycles. The first-order chi connectivity index (χ1) is 17.1. The number of esters is 1. The predicted octanol–water partition coefficient (Wildman–Crippen LogP) is 4.02. The summed E-state index contributed by atoms with van der Waals surface area (Å²) in [7, 11) is 1.62. The third-order valence-electron chi connectivity index (χ3n) is 6.05. The molecule has 4 rings (SSSR count). The molecular formula is C27H30N4O4. The van der Waals surface area contributed by atoms with Crippen LogP contribution in [0.5, 0.6) is 11.5 Å². The Hall–Kier alpha value is -3.83. The number of benzene rings is 2. The van der Waals surface area contributed by atoms with Crippen molar-refractivity contribution in [2.45, 2.75) is 19.8 Å². The van der Waals surface area contributed by atoms with E-state index in [-0.39, 0.29) is 5.97 Å². The van der Waals surface area contributed by atoms with E-state index in [1.54, 1.807) is 7.11 Å². The number of carbonyl (C=O) groups is 1. The van der Waals surface area contributed by atoms with Gasteiger partial charge in [0, 0.05) is 22.7 Å². The molecule has 0 amide bonds. The molecule has 1 N–H and O–H groups in total. The number of nitrogens with zero attached hydrogens (tertiary/aromatic N) is 3. The number of nitrogens with one attached hydrogen (secondary N) is 1. The van der Waals surface area contributed by atoms with E-state index < -0.39 is 0 Å². The monoisotopic (exact) mass is 474 g/mol. The Balaban J connectivity index is 1.45. The van der Waals surface area contributed by atoms with Gasteiger partial charge in [0.1, 0.15) is 12.1 Å². The first-order valence-electron chi connectivity index (χ1n) is 11.8. The highest BCUT2D eigenvalue weighted by molar-refractivity contribution is 5.93. The lowest BCUT2D eigenvalue weighted by molar-refractivity contribution is -0.144. The number of rotatable bonds is 9. The van der Waals surface area contributed by atoms with Crippen molar-refractivity contribution in [2.75, 3.05) is 45.3 Å². The van der Waals surface area contributed by atoms with Crippen LogP contribution in [-0.4, -0.2) is 60.8 Å². The molecule has 1 fully saturated rings. The Kier molecular flexibility index (Phi) is 8.01. The summed E-state index contributed by atoms with van der Waals surface area (Å²) in [5.41, 5.74) is 2.37. The number of hydrogen-bond donors (Lipinski definition) is 1. The quantitative estimate of drug-likeness (QED) is 0.368. The van der Waals surface area contributed by atoms with Crippen LogP contribution in [0.4, 0.5) is 11.5 Å². The van der Waals surface area contributed by atoms with E-state index >= 15 is 0 Å². The van der Waals surface area contributed by atoms with Crippen molar-refractivity contribution in [1.82, 2.24) is 14.9 Å². The highest BCUT2D eigenvalue weighted by Gasteiger charge is 2.22. The lowest BCUT2D eigenvalue weighted by atomic mass is 9.98. The molecule has 3 aromatic rings. The van der Waals surface area contributed by atoms with Crippen LogP contribution >= 0.6 is 0 Å². The third kappa shape index (κ3) is 6.19. The number of carbonyl (C=O) groups excluding carboxylic acids is 1. The Labute approximate surface area is 205 Å². The molecule has 182 valence electrons. The normalized spacial score (nSPS) is 14.3. The molecule has 35 heavy (non-hydrogen) atoms. The smallest absolute Gasteiger partial charge is 0.320 e. The molecule has 8 heteroatoms. The average molecular weight is 475 g/mol. The summed E-state index contributed by atoms with van der Waals surface area (Å²) in [6.07, 6.45) is 8.96. The second-order valence-electron chi connectivity index (χ2n) is 8.43. The highest BCUT2D eigenvalue weighted by atomic mass is 16.5. The molecule has 0 atom stereocenters. The minimum Gasteiger partial charge on any atom is -0.493 e. The van der Waals surface area contributed by atoms with E-state index in [9.17, 15) is 4.79 Å². The van der Waals surface area contributed by atoms with Gasteiger partial charge in [-0.25, -0.2) is 9.97 Å². The molecule has 1 aliphatic rings. The van der Waals surface area contributed by atoms with Crippen molar-refractivity contribution in [2.24, 2.45) is 5.92 Å². The van der Waals surface area contributed by atoms with Crippen LogP contribution in [0.3, 0.4) is 0 Å². The predicted molar refractivity (Wildman–Crippen MR) is 135 cm³/mol. The van der Waals surface area contributed by atoms with Crippen LogP contribution < -0.4 is 14.8 Å². The summed E-state index contributed by atoms with van der Waals surface area (Å²) in [5, 5.41) is 4.15. The fourth-order valence-corrected chi connectivity index (χ4v) is 4.17.